The monoisotopic (exact) mass is 357 g/mol. The van der Waals surface area contributed by atoms with Crippen LogP contribution in [0.1, 0.15) is 23.8 Å². The molecule has 0 bridgehead atoms. The molecule has 0 aliphatic carbocycles. The molecule has 2 rings (SSSR count). The summed E-state index contributed by atoms with van der Waals surface area (Å²) < 4.78 is 20.2. The molecule has 0 aliphatic rings. The predicted molar refractivity (Wildman–Crippen MR) is 84.7 cm³/mol. The minimum Gasteiger partial charge on any atom is -0.488 e. The van der Waals surface area contributed by atoms with Gasteiger partial charge in [0.1, 0.15) is 18.2 Å². The standard InChI is InChI=1S/C15H17BrFNOS/c1-2-13(18)6-10-5-12(17)3-4-15(10)19-8-14-7-11(16)9-20-14/h3-5,7,9,13H,2,6,8,18H2,1H3. The van der Waals surface area contributed by atoms with E-state index in [2.05, 4.69) is 15.9 Å². The summed E-state index contributed by atoms with van der Waals surface area (Å²) in [7, 11) is 0. The van der Waals surface area contributed by atoms with Crippen molar-refractivity contribution in [2.24, 2.45) is 5.73 Å². The lowest BCUT2D eigenvalue weighted by atomic mass is 10.0. The number of ether oxygens (including phenoxy) is 1. The number of benzene rings is 1. The molecule has 1 aromatic carbocycles. The van der Waals surface area contributed by atoms with Crippen molar-refractivity contribution in [3.05, 3.63) is 50.4 Å². The first kappa shape index (κ1) is 15.5. The lowest BCUT2D eigenvalue weighted by Crippen LogP contribution is -2.21. The van der Waals surface area contributed by atoms with Gasteiger partial charge in [0.15, 0.2) is 0 Å². The van der Waals surface area contributed by atoms with Crippen LogP contribution in [0.2, 0.25) is 0 Å². The minimum atomic E-state index is -0.255. The number of hydrogen-bond acceptors (Lipinski definition) is 3. The van der Waals surface area contributed by atoms with Crippen molar-refractivity contribution in [3.63, 3.8) is 0 Å². The normalized spacial score (nSPS) is 12.4. The Morgan fingerprint density at radius 3 is 2.85 bits per heavy atom. The first-order chi connectivity index (χ1) is 9.58. The average molecular weight is 358 g/mol. The quantitative estimate of drug-likeness (QED) is 0.825. The van der Waals surface area contributed by atoms with E-state index in [0.29, 0.717) is 18.8 Å². The van der Waals surface area contributed by atoms with Gasteiger partial charge in [-0.25, -0.2) is 4.39 Å². The number of halogens is 2. The fourth-order valence-electron chi connectivity index (χ4n) is 1.85. The Kier molecular flexibility index (Phi) is 5.57. The van der Waals surface area contributed by atoms with Crippen molar-refractivity contribution < 1.29 is 9.13 Å². The van der Waals surface area contributed by atoms with Gasteiger partial charge in [-0.15, -0.1) is 11.3 Å². The number of hydrogen-bond donors (Lipinski definition) is 1. The van der Waals surface area contributed by atoms with Crippen molar-refractivity contribution in [3.8, 4) is 5.75 Å². The third kappa shape index (κ3) is 4.30. The molecule has 1 heterocycles. The molecule has 2 nitrogen and oxygen atoms in total. The Morgan fingerprint density at radius 1 is 1.40 bits per heavy atom. The third-order valence-corrected chi connectivity index (χ3v) is 4.69. The Bertz CT molecular complexity index is 573. The highest BCUT2D eigenvalue weighted by molar-refractivity contribution is 9.10. The van der Waals surface area contributed by atoms with E-state index in [1.807, 2.05) is 18.4 Å². The zero-order chi connectivity index (χ0) is 14.5. The highest BCUT2D eigenvalue weighted by atomic mass is 79.9. The zero-order valence-corrected chi connectivity index (χ0v) is 13.6. The molecule has 1 atom stereocenters. The molecule has 0 saturated carbocycles. The van der Waals surface area contributed by atoms with Gasteiger partial charge in [0, 0.05) is 20.8 Å². The zero-order valence-electron chi connectivity index (χ0n) is 11.2. The van der Waals surface area contributed by atoms with Crippen molar-refractivity contribution in [1.29, 1.82) is 0 Å². The van der Waals surface area contributed by atoms with Gasteiger partial charge < -0.3 is 10.5 Å². The minimum absolute atomic E-state index is 0.0232. The summed E-state index contributed by atoms with van der Waals surface area (Å²) in [6, 6.07) is 6.65. The van der Waals surface area contributed by atoms with Crippen molar-refractivity contribution in [2.45, 2.75) is 32.4 Å². The summed E-state index contributed by atoms with van der Waals surface area (Å²) in [6.45, 7) is 2.50. The summed E-state index contributed by atoms with van der Waals surface area (Å²) in [5.41, 5.74) is 6.78. The van der Waals surface area contributed by atoms with Crippen LogP contribution in [-0.2, 0) is 13.0 Å². The maximum absolute atomic E-state index is 13.4. The van der Waals surface area contributed by atoms with Gasteiger partial charge in [0.05, 0.1) is 0 Å². The molecule has 1 aromatic heterocycles. The molecule has 2 N–H and O–H groups in total. The summed E-state index contributed by atoms with van der Waals surface area (Å²) in [6.07, 6.45) is 1.48. The van der Waals surface area contributed by atoms with Gasteiger partial charge in [-0.05, 0) is 58.6 Å². The Hall–Kier alpha value is -0.910. The molecule has 0 fully saturated rings. The third-order valence-electron chi connectivity index (χ3n) is 3.02. The molecule has 0 amide bonds. The first-order valence-electron chi connectivity index (χ1n) is 6.48. The summed E-state index contributed by atoms with van der Waals surface area (Å²) in [5, 5.41) is 2.01. The maximum Gasteiger partial charge on any atom is 0.123 e. The highest BCUT2D eigenvalue weighted by Crippen LogP contribution is 2.25. The predicted octanol–water partition coefficient (Wildman–Crippen LogP) is 4.51. The molecular weight excluding hydrogens is 341 g/mol. The summed E-state index contributed by atoms with van der Waals surface area (Å²) >= 11 is 5.04. The Balaban J connectivity index is 2.09. The van der Waals surface area contributed by atoms with E-state index in [0.717, 1.165) is 21.3 Å². The van der Waals surface area contributed by atoms with Crippen LogP contribution in [0.25, 0.3) is 0 Å². The fourth-order valence-corrected chi connectivity index (χ4v) is 3.22. The second kappa shape index (κ2) is 7.20. The molecule has 0 aliphatic heterocycles. The van der Waals surface area contributed by atoms with Crippen LogP contribution in [-0.4, -0.2) is 6.04 Å². The van der Waals surface area contributed by atoms with Crippen molar-refractivity contribution in [2.75, 3.05) is 0 Å². The van der Waals surface area contributed by atoms with Crippen LogP contribution in [0.15, 0.2) is 34.1 Å². The van der Waals surface area contributed by atoms with Gasteiger partial charge in [0.2, 0.25) is 0 Å². The van der Waals surface area contributed by atoms with E-state index in [-0.39, 0.29) is 11.9 Å². The van der Waals surface area contributed by atoms with E-state index < -0.39 is 0 Å². The molecular formula is C15H17BrFNOS. The average Bonchev–Trinajstić information content (AvgIpc) is 2.83. The van der Waals surface area contributed by atoms with Crippen LogP contribution in [0.5, 0.6) is 5.75 Å². The summed E-state index contributed by atoms with van der Waals surface area (Å²) in [4.78, 5) is 1.12. The second-order valence-corrected chi connectivity index (χ2v) is 6.56. The van der Waals surface area contributed by atoms with E-state index in [1.54, 1.807) is 17.4 Å². The maximum atomic E-state index is 13.4. The highest BCUT2D eigenvalue weighted by Gasteiger charge is 2.10. The molecule has 0 saturated heterocycles. The molecule has 108 valence electrons. The van der Waals surface area contributed by atoms with Crippen LogP contribution < -0.4 is 10.5 Å². The molecule has 1 unspecified atom stereocenters. The summed E-state index contributed by atoms with van der Waals surface area (Å²) in [5.74, 6) is 0.453. The lowest BCUT2D eigenvalue weighted by molar-refractivity contribution is 0.305. The molecule has 0 radical (unpaired) electrons. The molecule has 2 aromatic rings. The molecule has 20 heavy (non-hydrogen) atoms. The lowest BCUT2D eigenvalue weighted by Gasteiger charge is -2.14. The number of nitrogens with two attached hydrogens (primary N) is 1. The van der Waals surface area contributed by atoms with E-state index in [4.69, 9.17) is 10.5 Å². The van der Waals surface area contributed by atoms with E-state index >= 15 is 0 Å². The van der Waals surface area contributed by atoms with E-state index in [9.17, 15) is 4.39 Å². The number of rotatable bonds is 6. The van der Waals surface area contributed by atoms with Gasteiger partial charge in [-0.1, -0.05) is 6.92 Å². The molecule has 0 spiro atoms. The van der Waals surface area contributed by atoms with E-state index in [1.165, 1.54) is 12.1 Å². The van der Waals surface area contributed by atoms with Crippen LogP contribution in [0.4, 0.5) is 4.39 Å². The van der Waals surface area contributed by atoms with Crippen LogP contribution in [0.3, 0.4) is 0 Å². The second-order valence-electron chi connectivity index (χ2n) is 4.64. The smallest absolute Gasteiger partial charge is 0.123 e. The van der Waals surface area contributed by atoms with Crippen LogP contribution in [0, 0.1) is 5.82 Å². The topological polar surface area (TPSA) is 35.2 Å². The SMILES string of the molecule is CCC(N)Cc1cc(F)ccc1OCc1cc(Br)cs1. The van der Waals surface area contributed by atoms with Crippen molar-refractivity contribution in [1.82, 2.24) is 0 Å². The number of thiophene rings is 1. The largest absolute Gasteiger partial charge is 0.488 e. The van der Waals surface area contributed by atoms with Gasteiger partial charge in [-0.3, -0.25) is 0 Å². The molecule has 5 heteroatoms. The van der Waals surface area contributed by atoms with Gasteiger partial charge in [-0.2, -0.15) is 0 Å². The van der Waals surface area contributed by atoms with Crippen LogP contribution >= 0.6 is 27.3 Å². The fraction of sp³-hybridized carbons (Fsp3) is 0.333. The first-order valence-corrected chi connectivity index (χ1v) is 8.15. The van der Waals surface area contributed by atoms with Crippen molar-refractivity contribution >= 4 is 27.3 Å². The Labute approximate surface area is 130 Å². The van der Waals surface area contributed by atoms with Gasteiger partial charge >= 0.3 is 0 Å². The Morgan fingerprint density at radius 2 is 2.20 bits per heavy atom. The van der Waals surface area contributed by atoms with Gasteiger partial charge in [0.25, 0.3) is 0 Å².